The first-order valence-electron chi connectivity index (χ1n) is 5.38. The molecule has 18 heavy (non-hydrogen) atoms. The zero-order valence-electron chi connectivity index (χ0n) is 9.59. The molecule has 2 aromatic heterocycles. The molecule has 96 valence electrons. The van der Waals surface area contributed by atoms with Crippen molar-refractivity contribution in [2.24, 2.45) is 0 Å². The summed E-state index contributed by atoms with van der Waals surface area (Å²) in [5, 5.41) is 28.7. The van der Waals surface area contributed by atoms with Crippen molar-refractivity contribution in [1.82, 2.24) is 30.2 Å². The zero-order chi connectivity index (χ0) is 12.8. The first kappa shape index (κ1) is 12.3. The molecule has 2 aromatic rings. The van der Waals surface area contributed by atoms with Gasteiger partial charge in [-0.25, -0.2) is 4.98 Å². The van der Waals surface area contributed by atoms with Gasteiger partial charge in [0.25, 0.3) is 0 Å². The predicted molar refractivity (Wildman–Crippen MR) is 61.1 cm³/mol. The number of nitrogens with zero attached hydrogens (tertiary/aromatic N) is 7. The summed E-state index contributed by atoms with van der Waals surface area (Å²) >= 11 is 0. The fraction of sp³-hybridized carbons (Fsp3) is 0.444. The average molecular weight is 251 g/mol. The first-order valence-corrected chi connectivity index (χ1v) is 5.38. The van der Waals surface area contributed by atoms with E-state index in [-0.39, 0.29) is 13.2 Å². The quantitative estimate of drug-likeness (QED) is 0.621. The van der Waals surface area contributed by atoms with Crippen LogP contribution in [-0.2, 0) is 0 Å². The van der Waals surface area contributed by atoms with Crippen LogP contribution in [0.2, 0.25) is 0 Å². The lowest BCUT2D eigenvalue weighted by atomic mass is 10.5. The Labute approximate surface area is 103 Å². The fourth-order valence-electron chi connectivity index (χ4n) is 1.44. The van der Waals surface area contributed by atoms with Crippen LogP contribution in [0.1, 0.15) is 0 Å². The second kappa shape index (κ2) is 5.98. The summed E-state index contributed by atoms with van der Waals surface area (Å²) in [5.41, 5.74) is 0. The van der Waals surface area contributed by atoms with Gasteiger partial charge in [-0.1, -0.05) is 0 Å². The highest BCUT2D eigenvalue weighted by atomic mass is 16.3. The molecule has 9 nitrogen and oxygen atoms in total. The van der Waals surface area contributed by atoms with E-state index >= 15 is 0 Å². The van der Waals surface area contributed by atoms with Gasteiger partial charge in [0, 0.05) is 25.4 Å². The van der Waals surface area contributed by atoms with Gasteiger partial charge in [-0.3, -0.25) is 0 Å². The lowest BCUT2D eigenvalue weighted by Crippen LogP contribution is -2.31. The van der Waals surface area contributed by atoms with Crippen LogP contribution >= 0.6 is 0 Å². The minimum Gasteiger partial charge on any atom is -0.395 e. The maximum absolute atomic E-state index is 8.96. The van der Waals surface area contributed by atoms with Crippen molar-refractivity contribution in [2.75, 3.05) is 31.2 Å². The molecule has 9 heteroatoms. The predicted octanol–water partition coefficient (Wildman–Crippen LogP) is -1.76. The third kappa shape index (κ3) is 2.76. The zero-order valence-corrected chi connectivity index (χ0v) is 9.59. The number of tetrazole rings is 1. The van der Waals surface area contributed by atoms with Crippen LogP contribution in [0.15, 0.2) is 18.6 Å². The van der Waals surface area contributed by atoms with Crippen molar-refractivity contribution in [3.05, 3.63) is 18.6 Å². The second-order valence-corrected chi connectivity index (χ2v) is 3.40. The maximum atomic E-state index is 8.96. The molecule has 0 aromatic carbocycles. The molecule has 0 bridgehead atoms. The van der Waals surface area contributed by atoms with Crippen molar-refractivity contribution < 1.29 is 10.2 Å². The van der Waals surface area contributed by atoms with Gasteiger partial charge in [0.1, 0.15) is 6.33 Å². The van der Waals surface area contributed by atoms with Gasteiger partial charge in [-0.05, 0) is 10.4 Å². The van der Waals surface area contributed by atoms with E-state index < -0.39 is 0 Å². The maximum Gasteiger partial charge on any atom is 0.227 e. The molecule has 0 amide bonds. The molecule has 0 atom stereocenters. The molecule has 0 unspecified atom stereocenters. The third-order valence-corrected chi connectivity index (χ3v) is 2.23. The Hall–Kier alpha value is -2.13. The molecule has 2 N–H and O–H groups in total. The normalized spacial score (nSPS) is 10.6. The van der Waals surface area contributed by atoms with E-state index in [1.807, 2.05) is 0 Å². The van der Waals surface area contributed by atoms with Crippen molar-refractivity contribution >= 4 is 5.95 Å². The van der Waals surface area contributed by atoms with Crippen molar-refractivity contribution in [1.29, 1.82) is 0 Å². The highest BCUT2D eigenvalue weighted by molar-refractivity contribution is 5.34. The fourth-order valence-corrected chi connectivity index (χ4v) is 1.44. The molecular weight excluding hydrogens is 238 g/mol. The van der Waals surface area contributed by atoms with Crippen molar-refractivity contribution in [3.8, 4) is 5.82 Å². The number of rotatable bonds is 6. The van der Waals surface area contributed by atoms with Gasteiger partial charge in [-0.15, -0.1) is 5.10 Å². The number of aliphatic hydroxyl groups is 2. The summed E-state index contributed by atoms with van der Waals surface area (Å²) in [6.45, 7) is 0.607. The molecule has 0 aliphatic heterocycles. The topological polar surface area (TPSA) is 113 Å². The highest BCUT2D eigenvalue weighted by Crippen LogP contribution is 2.08. The number of anilines is 1. The number of hydrogen-bond donors (Lipinski definition) is 2. The molecule has 2 heterocycles. The molecule has 0 saturated heterocycles. The molecule has 0 radical (unpaired) electrons. The monoisotopic (exact) mass is 251 g/mol. The Morgan fingerprint density at radius 2 is 2.00 bits per heavy atom. The van der Waals surface area contributed by atoms with E-state index in [2.05, 4.69) is 25.5 Å². The van der Waals surface area contributed by atoms with E-state index in [0.717, 1.165) is 0 Å². The van der Waals surface area contributed by atoms with Crippen LogP contribution in [0.4, 0.5) is 5.95 Å². The Bertz CT molecular complexity index is 470. The average Bonchev–Trinajstić information content (AvgIpc) is 2.93. The molecule has 0 aliphatic carbocycles. The summed E-state index contributed by atoms with van der Waals surface area (Å²) in [6, 6.07) is 1.66. The van der Waals surface area contributed by atoms with E-state index in [0.29, 0.717) is 24.9 Å². The lowest BCUT2D eigenvalue weighted by molar-refractivity contribution is 0.280. The molecule has 2 rings (SSSR count). The van der Waals surface area contributed by atoms with E-state index in [1.165, 1.54) is 11.0 Å². The lowest BCUT2D eigenvalue weighted by Gasteiger charge is -2.20. The van der Waals surface area contributed by atoms with Crippen LogP contribution in [0.5, 0.6) is 0 Å². The van der Waals surface area contributed by atoms with Crippen LogP contribution in [0.25, 0.3) is 5.82 Å². The van der Waals surface area contributed by atoms with E-state index in [4.69, 9.17) is 10.2 Å². The van der Waals surface area contributed by atoms with Crippen LogP contribution in [-0.4, -0.2) is 66.7 Å². The van der Waals surface area contributed by atoms with E-state index in [1.54, 1.807) is 17.2 Å². The number of hydrogen-bond acceptors (Lipinski definition) is 8. The minimum atomic E-state index is -0.0432. The Morgan fingerprint density at radius 3 is 2.61 bits per heavy atom. The van der Waals surface area contributed by atoms with Gasteiger partial charge in [0.2, 0.25) is 5.95 Å². The molecule has 0 spiro atoms. The Balaban J connectivity index is 2.25. The highest BCUT2D eigenvalue weighted by Gasteiger charge is 2.10. The SMILES string of the molecule is OCCN(CCO)c1nccc(-n2cnnn2)n1. The van der Waals surface area contributed by atoms with Gasteiger partial charge < -0.3 is 15.1 Å². The molecule has 0 fully saturated rings. The van der Waals surface area contributed by atoms with Crippen molar-refractivity contribution in [3.63, 3.8) is 0 Å². The van der Waals surface area contributed by atoms with Gasteiger partial charge in [0.15, 0.2) is 5.82 Å². The third-order valence-electron chi connectivity index (χ3n) is 2.23. The Morgan fingerprint density at radius 1 is 1.22 bits per heavy atom. The number of aromatic nitrogens is 6. The van der Waals surface area contributed by atoms with Gasteiger partial charge in [0.05, 0.1) is 13.2 Å². The first-order chi connectivity index (χ1) is 8.85. The largest absolute Gasteiger partial charge is 0.395 e. The van der Waals surface area contributed by atoms with E-state index in [9.17, 15) is 0 Å². The van der Waals surface area contributed by atoms with Gasteiger partial charge >= 0.3 is 0 Å². The molecule has 0 saturated carbocycles. The van der Waals surface area contributed by atoms with Gasteiger partial charge in [-0.2, -0.15) is 9.67 Å². The summed E-state index contributed by atoms with van der Waals surface area (Å²) < 4.78 is 1.40. The summed E-state index contributed by atoms with van der Waals surface area (Å²) in [6.07, 6.45) is 3.00. The summed E-state index contributed by atoms with van der Waals surface area (Å²) in [4.78, 5) is 10.0. The summed E-state index contributed by atoms with van der Waals surface area (Å²) in [7, 11) is 0. The molecule has 0 aliphatic rings. The van der Waals surface area contributed by atoms with Crippen LogP contribution in [0.3, 0.4) is 0 Å². The minimum absolute atomic E-state index is 0.0432. The van der Waals surface area contributed by atoms with Crippen molar-refractivity contribution in [2.45, 2.75) is 0 Å². The number of aliphatic hydroxyl groups excluding tert-OH is 2. The Kier molecular flexibility index (Phi) is 4.10. The smallest absolute Gasteiger partial charge is 0.227 e. The standard InChI is InChI=1S/C9H13N7O2/c17-5-3-15(4-6-18)9-10-2-1-8(12-9)16-7-11-13-14-16/h1-2,7,17-18H,3-6H2. The second-order valence-electron chi connectivity index (χ2n) is 3.40. The summed E-state index contributed by atoms with van der Waals surface area (Å²) in [5.74, 6) is 0.928. The van der Waals surface area contributed by atoms with Crippen LogP contribution < -0.4 is 4.90 Å². The van der Waals surface area contributed by atoms with Crippen LogP contribution in [0, 0.1) is 0 Å². The molecular formula is C9H13N7O2.